The van der Waals surface area contributed by atoms with E-state index in [1.807, 2.05) is 17.9 Å². The van der Waals surface area contributed by atoms with Gasteiger partial charge in [0.15, 0.2) is 0 Å². The van der Waals surface area contributed by atoms with Crippen molar-refractivity contribution >= 4 is 0 Å². The highest BCUT2D eigenvalue weighted by molar-refractivity contribution is 4.99. The van der Waals surface area contributed by atoms with E-state index in [1.165, 1.54) is 5.69 Å². The number of rotatable bonds is 5. The second-order valence-corrected chi connectivity index (χ2v) is 5.19. The van der Waals surface area contributed by atoms with E-state index in [-0.39, 0.29) is 0 Å². The van der Waals surface area contributed by atoms with Crippen molar-refractivity contribution in [2.45, 2.75) is 34.2 Å². The minimum absolute atomic E-state index is 0.346. The van der Waals surface area contributed by atoms with Crippen LogP contribution in [-0.4, -0.2) is 16.3 Å². The molecule has 0 atom stereocenters. The first-order chi connectivity index (χ1) is 6.93. The highest BCUT2D eigenvalue weighted by atomic mass is 15.3. The Hall–Kier alpha value is -0.830. The molecule has 0 aliphatic carbocycles. The molecular weight excluding hydrogens is 186 g/mol. The molecule has 0 amide bonds. The molecule has 1 aromatic rings. The van der Waals surface area contributed by atoms with E-state index >= 15 is 0 Å². The van der Waals surface area contributed by atoms with Crippen molar-refractivity contribution in [2.75, 3.05) is 6.54 Å². The lowest BCUT2D eigenvalue weighted by atomic mass is 9.81. The van der Waals surface area contributed by atoms with Crippen LogP contribution in [0.25, 0.3) is 0 Å². The minimum Gasteiger partial charge on any atom is -0.311 e. The molecule has 0 bridgehead atoms. The molecule has 1 aromatic heterocycles. The molecule has 0 aliphatic rings. The van der Waals surface area contributed by atoms with Crippen LogP contribution in [0.3, 0.4) is 0 Å². The molecule has 3 heteroatoms. The Balaban J connectivity index is 2.37. The molecule has 1 N–H and O–H groups in total. The number of nitrogens with one attached hydrogen (secondary N) is 1. The lowest BCUT2D eigenvalue weighted by Gasteiger charge is -2.29. The average Bonchev–Trinajstić information content (AvgIpc) is 2.51. The third kappa shape index (κ3) is 3.34. The molecule has 1 heterocycles. The van der Waals surface area contributed by atoms with Crippen LogP contribution >= 0.6 is 0 Å². The Bertz CT molecular complexity index is 300. The summed E-state index contributed by atoms with van der Waals surface area (Å²) in [5.41, 5.74) is 1.58. The predicted octanol–water partition coefficient (Wildman–Crippen LogP) is 2.19. The number of aromatic nitrogens is 2. The van der Waals surface area contributed by atoms with Crippen molar-refractivity contribution in [3.8, 4) is 0 Å². The van der Waals surface area contributed by atoms with Crippen LogP contribution in [0.2, 0.25) is 0 Å². The molecule has 0 fully saturated rings. The van der Waals surface area contributed by atoms with E-state index in [1.54, 1.807) is 0 Å². The topological polar surface area (TPSA) is 29.9 Å². The maximum absolute atomic E-state index is 4.14. The fourth-order valence-corrected chi connectivity index (χ4v) is 1.29. The summed E-state index contributed by atoms with van der Waals surface area (Å²) in [6, 6.07) is 2.05. The number of hydrogen-bond acceptors (Lipinski definition) is 2. The van der Waals surface area contributed by atoms with Crippen molar-refractivity contribution in [1.29, 1.82) is 0 Å². The summed E-state index contributed by atoms with van der Waals surface area (Å²) in [6.45, 7) is 11.1. The number of hydrogen-bond donors (Lipinski definition) is 1. The fraction of sp³-hybridized carbons (Fsp3) is 0.750. The zero-order valence-electron chi connectivity index (χ0n) is 10.5. The maximum atomic E-state index is 4.14. The van der Waals surface area contributed by atoms with Crippen molar-refractivity contribution in [1.82, 2.24) is 15.1 Å². The summed E-state index contributed by atoms with van der Waals surface area (Å²) in [7, 11) is 1.98. The molecule has 0 saturated heterocycles. The van der Waals surface area contributed by atoms with Gasteiger partial charge in [0.1, 0.15) is 0 Å². The van der Waals surface area contributed by atoms with E-state index < -0.39 is 0 Å². The summed E-state index contributed by atoms with van der Waals surface area (Å²) >= 11 is 0. The molecular formula is C12H23N3. The number of nitrogens with zero attached hydrogens (tertiary/aromatic N) is 2. The quantitative estimate of drug-likeness (QED) is 0.805. The smallest absolute Gasteiger partial charge is 0.0518 e. The van der Waals surface area contributed by atoms with Crippen molar-refractivity contribution in [2.24, 2.45) is 18.4 Å². The van der Waals surface area contributed by atoms with Crippen LogP contribution in [0.4, 0.5) is 0 Å². The SMILES string of the molecule is CC(C)C(C)(C)CNCc1ccnn1C. The number of aryl methyl sites for hydroxylation is 1. The molecule has 0 aliphatic heterocycles. The van der Waals surface area contributed by atoms with Crippen LogP contribution in [-0.2, 0) is 13.6 Å². The van der Waals surface area contributed by atoms with Crippen molar-refractivity contribution in [3.05, 3.63) is 18.0 Å². The Kier molecular flexibility index (Phi) is 3.91. The lowest BCUT2D eigenvalue weighted by molar-refractivity contribution is 0.237. The molecule has 1 rings (SSSR count). The summed E-state index contributed by atoms with van der Waals surface area (Å²) in [5.74, 6) is 0.691. The lowest BCUT2D eigenvalue weighted by Crippen LogP contribution is -2.33. The zero-order valence-corrected chi connectivity index (χ0v) is 10.5. The average molecular weight is 209 g/mol. The standard InChI is InChI=1S/C12H23N3/c1-10(2)12(3,4)9-13-8-11-6-7-14-15(11)5/h6-7,10,13H,8-9H2,1-5H3. The van der Waals surface area contributed by atoms with Crippen LogP contribution in [0.1, 0.15) is 33.4 Å². The zero-order chi connectivity index (χ0) is 11.5. The predicted molar refractivity (Wildman–Crippen MR) is 63.5 cm³/mol. The third-order valence-electron chi connectivity index (χ3n) is 3.37. The van der Waals surface area contributed by atoms with Crippen LogP contribution < -0.4 is 5.32 Å². The van der Waals surface area contributed by atoms with Gasteiger partial charge in [-0.2, -0.15) is 5.10 Å². The van der Waals surface area contributed by atoms with Crippen LogP contribution in [0, 0.1) is 11.3 Å². The Morgan fingerprint density at radius 1 is 1.47 bits per heavy atom. The van der Waals surface area contributed by atoms with Gasteiger partial charge in [-0.3, -0.25) is 4.68 Å². The second kappa shape index (κ2) is 4.79. The Labute approximate surface area is 92.9 Å². The van der Waals surface area contributed by atoms with Gasteiger partial charge in [0, 0.05) is 26.3 Å². The maximum Gasteiger partial charge on any atom is 0.0518 e. The van der Waals surface area contributed by atoms with E-state index in [4.69, 9.17) is 0 Å². The van der Waals surface area contributed by atoms with Gasteiger partial charge >= 0.3 is 0 Å². The van der Waals surface area contributed by atoms with E-state index in [0.29, 0.717) is 11.3 Å². The molecule has 0 aromatic carbocycles. The summed E-state index contributed by atoms with van der Waals surface area (Å²) in [4.78, 5) is 0. The van der Waals surface area contributed by atoms with Gasteiger partial charge < -0.3 is 5.32 Å². The van der Waals surface area contributed by atoms with E-state index in [9.17, 15) is 0 Å². The molecule has 15 heavy (non-hydrogen) atoms. The summed E-state index contributed by atoms with van der Waals surface area (Å²) < 4.78 is 1.91. The molecule has 0 unspecified atom stereocenters. The monoisotopic (exact) mass is 209 g/mol. The Morgan fingerprint density at radius 2 is 2.13 bits per heavy atom. The second-order valence-electron chi connectivity index (χ2n) is 5.19. The van der Waals surface area contributed by atoms with Crippen LogP contribution in [0.15, 0.2) is 12.3 Å². The van der Waals surface area contributed by atoms with Crippen molar-refractivity contribution in [3.63, 3.8) is 0 Å². The van der Waals surface area contributed by atoms with Gasteiger partial charge in [-0.1, -0.05) is 27.7 Å². The fourth-order valence-electron chi connectivity index (χ4n) is 1.29. The van der Waals surface area contributed by atoms with Gasteiger partial charge in [0.25, 0.3) is 0 Å². The minimum atomic E-state index is 0.346. The van der Waals surface area contributed by atoms with E-state index in [0.717, 1.165) is 13.1 Å². The Morgan fingerprint density at radius 3 is 2.60 bits per heavy atom. The summed E-state index contributed by atoms with van der Waals surface area (Å²) in [6.07, 6.45) is 1.84. The molecule has 3 nitrogen and oxygen atoms in total. The largest absolute Gasteiger partial charge is 0.311 e. The van der Waals surface area contributed by atoms with Gasteiger partial charge in [-0.05, 0) is 17.4 Å². The van der Waals surface area contributed by atoms with Gasteiger partial charge in [0.05, 0.1) is 5.69 Å². The van der Waals surface area contributed by atoms with E-state index in [2.05, 4.69) is 44.2 Å². The molecule has 0 spiro atoms. The first-order valence-electron chi connectivity index (χ1n) is 5.61. The van der Waals surface area contributed by atoms with Gasteiger partial charge in [0.2, 0.25) is 0 Å². The molecule has 0 saturated carbocycles. The normalized spacial score (nSPS) is 12.4. The first-order valence-corrected chi connectivity index (χ1v) is 5.61. The summed E-state index contributed by atoms with van der Waals surface area (Å²) in [5, 5.41) is 7.63. The first kappa shape index (κ1) is 12.2. The van der Waals surface area contributed by atoms with Gasteiger partial charge in [-0.25, -0.2) is 0 Å². The highest BCUT2D eigenvalue weighted by Gasteiger charge is 2.21. The molecule has 0 radical (unpaired) electrons. The van der Waals surface area contributed by atoms with Crippen molar-refractivity contribution < 1.29 is 0 Å². The third-order valence-corrected chi connectivity index (χ3v) is 3.37. The molecule has 86 valence electrons. The van der Waals surface area contributed by atoms with Crippen LogP contribution in [0.5, 0.6) is 0 Å². The highest BCUT2D eigenvalue weighted by Crippen LogP contribution is 2.24. The van der Waals surface area contributed by atoms with Gasteiger partial charge in [-0.15, -0.1) is 0 Å².